The van der Waals surface area contributed by atoms with Gasteiger partial charge in [-0.3, -0.25) is 129 Å². The molecule has 0 saturated heterocycles. The molecule has 6 heterocycles. The zero-order valence-corrected chi connectivity index (χ0v) is 67.4. The minimum atomic E-state index is -1.04. The number of H-pyrrole nitrogens is 4. The predicted molar refractivity (Wildman–Crippen MR) is 427 cm³/mol. The van der Waals surface area contributed by atoms with Crippen molar-refractivity contribution < 1.29 is 71.8 Å². The summed E-state index contributed by atoms with van der Waals surface area (Å²) in [6, 6.07) is 2.49. The van der Waals surface area contributed by atoms with Crippen molar-refractivity contribution in [1.29, 1.82) is 0 Å². The number of carbonyl (C=O) groups is 13. The topological polar surface area (TPSA) is 725 Å². The molecule has 6 rings (SSSR count). The summed E-state index contributed by atoms with van der Waals surface area (Å²) in [6.45, 7) is -8.92. The monoisotopic (exact) mass is 1730 g/mol. The summed E-state index contributed by atoms with van der Waals surface area (Å²) >= 11 is 0. The number of nitrogens with zero attached hydrogens (tertiary/aromatic N) is 14. The molecule has 53 heteroatoms. The molecule has 0 aliphatic carbocycles. The number of nitrogen functional groups attached to an aromatic ring is 2. The average molecular weight is 1730 g/mol. The summed E-state index contributed by atoms with van der Waals surface area (Å²) < 4.78 is 15.6. The Hall–Kier alpha value is -14.9. The Morgan fingerprint density at radius 3 is 0.829 bits per heavy atom. The van der Waals surface area contributed by atoms with Crippen LogP contribution in [-0.2, 0) is 111 Å². The van der Waals surface area contributed by atoms with Gasteiger partial charge in [0.15, 0.2) is 0 Å². The first kappa shape index (κ1) is 96.9. The molecule has 123 heavy (non-hydrogen) atoms. The van der Waals surface area contributed by atoms with E-state index in [4.69, 9.17) is 32.4 Å². The Labute approximate surface area is 693 Å². The highest BCUT2D eigenvalue weighted by molar-refractivity contribution is 5.89. The fraction of sp³-hybridized carbons (Fsp3) is 0.471. The van der Waals surface area contributed by atoms with Crippen molar-refractivity contribution in [2.24, 2.45) is 11.5 Å². The first-order valence-electron chi connectivity index (χ1n) is 37.6. The van der Waals surface area contributed by atoms with E-state index >= 15 is 0 Å². The summed E-state index contributed by atoms with van der Waals surface area (Å²) in [4.78, 5) is 323. The molecule has 6 aromatic heterocycles. The van der Waals surface area contributed by atoms with Gasteiger partial charge in [0.05, 0.1) is 59.1 Å². The molecule has 0 aliphatic rings. The molecule has 0 bridgehead atoms. The van der Waals surface area contributed by atoms with Crippen LogP contribution < -0.4 is 111 Å². The second kappa shape index (κ2) is 47.6. The van der Waals surface area contributed by atoms with Crippen molar-refractivity contribution in [1.82, 2.24) is 119 Å². The summed E-state index contributed by atoms with van der Waals surface area (Å²) in [5, 5.41) is 15.0. The highest BCUT2D eigenvalue weighted by Gasteiger charge is 2.28. The van der Waals surface area contributed by atoms with Gasteiger partial charge in [0.2, 0.25) is 76.8 Å². The predicted octanol–water partition coefficient (Wildman–Crippen LogP) is -14.8. The standard InChI is InChI=1S/C70H96N28O25/c1-42-25-95(67(118)83-61(42)112)37-57(108)89(31-50(101)75-8-16-87(29-48(74)99)55(106)35-93-14-5-46(72)81-65(93)116)18-10-77-52(103)33-91(59(110)39-97-27-44(3)63(114)85-69(97)120)20-12-79-53(104)34-92(60(111)40-98-28-45(4)64(115)86-70(98)121)19-11-78-51(102)32-90(58(109)38-96-26-43(2)62(113)84-68(96)119)17-9-76-49(100)30-88(56(107)36-94-15-6-47(73)82-66(94)117)21-13-80-54(105)41-123-24-23-122-22-7-71/h5-6,14-15,25-28H,7-13,16-24,29-41,71H2,1-4H3,(H2,74,99)(H,75,101)(H,76,100)(H,77,103)(H,78,102)(H,79,104)(H,80,105)(H2,72,81,116)(H2,73,82,117)(H,83,112,118)(H,84,113,119)(H,85,114,120)(H,86,115,121). The van der Waals surface area contributed by atoms with E-state index in [-0.39, 0.29) is 86.4 Å². The van der Waals surface area contributed by atoms with E-state index in [1.54, 1.807) is 0 Å². The second-order valence-corrected chi connectivity index (χ2v) is 27.2. The van der Waals surface area contributed by atoms with Crippen LogP contribution in [0.25, 0.3) is 0 Å². The number of hydrogen-bond acceptors (Lipinski definition) is 30. The second-order valence-electron chi connectivity index (χ2n) is 27.2. The van der Waals surface area contributed by atoms with Gasteiger partial charge >= 0.3 is 34.1 Å². The van der Waals surface area contributed by atoms with Crippen LogP contribution in [0.3, 0.4) is 0 Å². The summed E-state index contributed by atoms with van der Waals surface area (Å²) in [7, 11) is 0. The molecule has 0 saturated carbocycles. The molecular weight excluding hydrogens is 1630 g/mol. The fourth-order valence-corrected chi connectivity index (χ4v) is 11.1. The number of aromatic nitrogens is 12. The number of nitrogens with two attached hydrogens (primary N) is 4. The lowest BCUT2D eigenvalue weighted by molar-refractivity contribution is -0.138. The first-order chi connectivity index (χ1) is 58.3. The number of rotatable bonds is 49. The maximum absolute atomic E-state index is 14.2. The van der Waals surface area contributed by atoms with E-state index in [1.807, 2.05) is 15.0 Å². The van der Waals surface area contributed by atoms with Crippen LogP contribution in [0.4, 0.5) is 11.6 Å². The Bertz CT molecular complexity index is 5520. The van der Waals surface area contributed by atoms with Gasteiger partial charge in [-0.05, 0) is 39.8 Å². The first-order valence-corrected chi connectivity index (χ1v) is 37.6. The van der Waals surface area contributed by atoms with Crippen LogP contribution in [0.5, 0.6) is 0 Å². The van der Waals surface area contributed by atoms with Gasteiger partial charge in [0.25, 0.3) is 22.2 Å². The normalized spacial score (nSPS) is 10.9. The van der Waals surface area contributed by atoms with E-state index in [0.717, 1.165) is 81.6 Å². The van der Waals surface area contributed by atoms with Crippen molar-refractivity contribution in [2.75, 3.05) is 162 Å². The van der Waals surface area contributed by atoms with E-state index in [9.17, 15) is 110 Å². The lowest BCUT2D eigenvalue weighted by Gasteiger charge is -2.26. The maximum Gasteiger partial charge on any atom is 0.349 e. The summed E-state index contributed by atoms with van der Waals surface area (Å²) in [6.07, 6.45) is 6.63. The number of aromatic amines is 4. The summed E-state index contributed by atoms with van der Waals surface area (Å²) in [5.74, 6) is -11.9. The molecule has 0 spiro atoms. The van der Waals surface area contributed by atoms with Crippen molar-refractivity contribution in [2.45, 2.75) is 67.0 Å². The number of hydrogen-bond donors (Lipinski definition) is 14. The number of anilines is 2. The maximum atomic E-state index is 14.2. The quantitative estimate of drug-likeness (QED) is 0.0158. The molecule has 53 nitrogen and oxygen atoms in total. The molecule has 0 radical (unpaired) electrons. The number of ether oxygens (including phenoxy) is 2. The third-order valence-corrected chi connectivity index (χ3v) is 17.6. The van der Waals surface area contributed by atoms with Gasteiger partial charge in [0.1, 0.15) is 57.5 Å². The Balaban J connectivity index is 1.16. The number of carbonyl (C=O) groups excluding carboxylic acids is 13. The molecule has 0 aromatic carbocycles. The highest BCUT2D eigenvalue weighted by atomic mass is 16.5. The van der Waals surface area contributed by atoms with Crippen LogP contribution in [-0.4, -0.2) is 314 Å². The molecule has 0 aliphatic heterocycles. The van der Waals surface area contributed by atoms with E-state index in [1.165, 1.54) is 52.2 Å². The zero-order chi connectivity index (χ0) is 90.7. The molecule has 6 aromatic rings. The van der Waals surface area contributed by atoms with Gasteiger partial charge < -0.3 is 93.7 Å². The Morgan fingerprint density at radius 1 is 0.350 bits per heavy atom. The van der Waals surface area contributed by atoms with Crippen molar-refractivity contribution in [3.8, 4) is 0 Å². The smallest absolute Gasteiger partial charge is 0.349 e. The van der Waals surface area contributed by atoms with Crippen LogP contribution in [0.15, 0.2) is 97.3 Å². The molecule has 18 N–H and O–H groups in total. The third-order valence-electron chi connectivity index (χ3n) is 17.6. The molecule has 0 unspecified atom stereocenters. The number of aryl methyl sites for hydroxylation is 4. The number of amides is 13. The lowest BCUT2D eigenvalue weighted by Crippen LogP contribution is -2.50. The molecule has 13 amide bonds. The van der Waals surface area contributed by atoms with Gasteiger partial charge in [-0.2, -0.15) is 9.97 Å². The number of nitrogens with one attached hydrogen (secondary N) is 10. The van der Waals surface area contributed by atoms with Gasteiger partial charge in [-0.15, -0.1) is 0 Å². The third kappa shape index (κ3) is 32.4. The fourth-order valence-electron chi connectivity index (χ4n) is 11.1. The minimum Gasteiger partial charge on any atom is -0.383 e. The molecule has 666 valence electrons. The lowest BCUT2D eigenvalue weighted by atomic mass is 10.3. The van der Waals surface area contributed by atoms with Gasteiger partial charge in [0, 0.05) is 145 Å². The van der Waals surface area contributed by atoms with Crippen LogP contribution in [0.1, 0.15) is 22.3 Å². The largest absolute Gasteiger partial charge is 0.383 e. The average Bonchev–Trinajstić information content (AvgIpc) is 0.800. The van der Waals surface area contributed by atoms with Gasteiger partial charge in [-0.1, -0.05) is 0 Å². The Morgan fingerprint density at radius 2 is 0.585 bits per heavy atom. The van der Waals surface area contributed by atoms with Gasteiger partial charge in [-0.25, -0.2) is 28.8 Å². The van der Waals surface area contributed by atoms with Crippen LogP contribution in [0, 0.1) is 27.7 Å². The summed E-state index contributed by atoms with van der Waals surface area (Å²) in [5.41, 5.74) is 12.9. The SMILES string of the molecule is Cc1cn(CC(=O)N(CCNC(=O)CN(CCNC(=O)CN(CCNC(=O)CN(CCNC(=O)CN(CCNC(=O)COCCOCCN)C(=O)Cn2ccc(N)nc2=O)C(=O)Cn2cc(C)c(=O)[nH]c2=O)C(=O)Cn2cc(C)c(=O)[nH]c2=O)C(=O)Cn2cc(C)c(=O)[nH]c2=O)CC(=O)NCCN(CC(N)=O)C(=O)Cn2ccc(N)nc2=O)c(=O)[nH]c1=O. The van der Waals surface area contributed by atoms with E-state index in [2.05, 4.69) is 46.9 Å². The van der Waals surface area contributed by atoms with Crippen LogP contribution >= 0.6 is 0 Å². The van der Waals surface area contributed by atoms with Crippen molar-refractivity contribution >= 4 is 88.4 Å². The number of primary amides is 1. The van der Waals surface area contributed by atoms with Crippen LogP contribution in [0.2, 0.25) is 0 Å². The minimum absolute atomic E-state index is 0.00910. The Kier molecular flexibility index (Phi) is 37.5. The van der Waals surface area contributed by atoms with Crippen molar-refractivity contribution in [3.05, 3.63) is 176 Å². The molecule has 0 fully saturated rings. The molecule has 0 atom stereocenters. The van der Waals surface area contributed by atoms with Crippen molar-refractivity contribution in [3.63, 3.8) is 0 Å². The highest BCUT2D eigenvalue weighted by Crippen LogP contribution is 2.04. The van der Waals surface area contributed by atoms with E-state index < -0.39 is 271 Å². The van der Waals surface area contributed by atoms with E-state index in [0.29, 0.717) is 0 Å². The zero-order valence-electron chi connectivity index (χ0n) is 67.4. The molecular formula is C70H96N28O25.